The van der Waals surface area contributed by atoms with E-state index in [-0.39, 0.29) is 11.8 Å². The summed E-state index contributed by atoms with van der Waals surface area (Å²) < 4.78 is 0. The standard InChI is InChI=1S/C24H26N2O4/c27-22(19-8-2-3-9-20(19)24(29)30)25-18-13-11-17(12-14-18)23(28)26-15-5-7-16-6-1-4-10-21(16)26/h1,4,6,10-14,19-20H,2-3,5,7-9,15H2,(H,25,27)(H,29,30)/p-1/t19-,20-/m0/s1. The maximum atomic E-state index is 13.0. The molecule has 156 valence electrons. The van der Waals surface area contributed by atoms with Crippen LogP contribution in [-0.2, 0) is 16.0 Å². The first kappa shape index (κ1) is 20.1. The van der Waals surface area contributed by atoms with E-state index in [1.807, 2.05) is 18.2 Å². The number of carbonyl (C=O) groups excluding carboxylic acids is 3. The number of carboxylic acids is 1. The van der Waals surface area contributed by atoms with Gasteiger partial charge >= 0.3 is 0 Å². The second-order valence-electron chi connectivity index (χ2n) is 8.07. The molecule has 1 saturated carbocycles. The minimum atomic E-state index is -1.15. The van der Waals surface area contributed by atoms with E-state index in [4.69, 9.17) is 0 Å². The van der Waals surface area contributed by atoms with Gasteiger partial charge in [0.1, 0.15) is 0 Å². The lowest BCUT2D eigenvalue weighted by Crippen LogP contribution is -2.42. The molecule has 2 aliphatic rings. The molecule has 6 heteroatoms. The van der Waals surface area contributed by atoms with E-state index in [1.165, 1.54) is 5.56 Å². The predicted molar refractivity (Wildman–Crippen MR) is 112 cm³/mol. The van der Waals surface area contributed by atoms with Crippen molar-refractivity contribution in [1.29, 1.82) is 0 Å². The molecule has 0 bridgehead atoms. The Kier molecular flexibility index (Phi) is 5.84. The topological polar surface area (TPSA) is 89.5 Å². The van der Waals surface area contributed by atoms with Crippen LogP contribution in [0.25, 0.3) is 0 Å². The van der Waals surface area contributed by atoms with E-state index in [0.29, 0.717) is 30.6 Å². The summed E-state index contributed by atoms with van der Waals surface area (Å²) in [5.41, 5.74) is 3.24. The summed E-state index contributed by atoms with van der Waals surface area (Å²) >= 11 is 0. The molecular formula is C24H25N2O4-. The highest BCUT2D eigenvalue weighted by Gasteiger charge is 2.32. The maximum absolute atomic E-state index is 13.0. The van der Waals surface area contributed by atoms with Crippen LogP contribution in [0.1, 0.15) is 48.0 Å². The van der Waals surface area contributed by atoms with E-state index in [0.717, 1.165) is 31.4 Å². The van der Waals surface area contributed by atoms with Crippen LogP contribution >= 0.6 is 0 Å². The van der Waals surface area contributed by atoms with E-state index in [1.54, 1.807) is 29.2 Å². The minimum Gasteiger partial charge on any atom is -0.550 e. The van der Waals surface area contributed by atoms with Gasteiger partial charge in [0.2, 0.25) is 5.91 Å². The van der Waals surface area contributed by atoms with Crippen molar-refractivity contribution in [3.05, 3.63) is 59.7 Å². The number of nitrogens with zero attached hydrogens (tertiary/aromatic N) is 1. The number of aryl methyl sites for hydroxylation is 1. The quantitative estimate of drug-likeness (QED) is 0.847. The van der Waals surface area contributed by atoms with Crippen molar-refractivity contribution in [3.8, 4) is 0 Å². The molecule has 1 heterocycles. The third kappa shape index (κ3) is 4.08. The first-order valence-electron chi connectivity index (χ1n) is 10.6. The van der Waals surface area contributed by atoms with Gasteiger partial charge in [0.05, 0.1) is 0 Å². The molecule has 0 unspecified atom stereocenters. The van der Waals surface area contributed by atoms with Gasteiger partial charge in [0.15, 0.2) is 0 Å². The third-order valence-electron chi connectivity index (χ3n) is 6.16. The number of carboxylic acid groups (broad SMARTS) is 1. The van der Waals surface area contributed by atoms with Crippen molar-refractivity contribution in [3.63, 3.8) is 0 Å². The lowest BCUT2D eigenvalue weighted by molar-refractivity contribution is -0.313. The van der Waals surface area contributed by atoms with Gasteiger partial charge in [-0.05, 0) is 61.6 Å². The number of amides is 2. The minimum absolute atomic E-state index is 0.0654. The van der Waals surface area contributed by atoms with Gasteiger partial charge in [-0.25, -0.2) is 0 Å². The van der Waals surface area contributed by atoms with Crippen LogP contribution in [0.4, 0.5) is 11.4 Å². The number of anilines is 2. The number of rotatable bonds is 4. The molecule has 1 aliphatic carbocycles. The number of para-hydroxylation sites is 1. The fourth-order valence-electron chi connectivity index (χ4n) is 4.56. The van der Waals surface area contributed by atoms with Crippen molar-refractivity contribution in [1.82, 2.24) is 0 Å². The molecule has 2 aromatic rings. The zero-order valence-corrected chi connectivity index (χ0v) is 16.8. The average molecular weight is 405 g/mol. The molecule has 1 aliphatic heterocycles. The van der Waals surface area contributed by atoms with Gasteiger partial charge in [-0.3, -0.25) is 9.59 Å². The van der Waals surface area contributed by atoms with Gasteiger partial charge in [-0.1, -0.05) is 31.0 Å². The number of hydrogen-bond donors (Lipinski definition) is 1. The fourth-order valence-corrected chi connectivity index (χ4v) is 4.56. The normalized spacial score (nSPS) is 20.9. The maximum Gasteiger partial charge on any atom is 0.258 e. The van der Waals surface area contributed by atoms with Crippen LogP contribution in [-0.4, -0.2) is 24.3 Å². The molecule has 0 spiro atoms. The predicted octanol–water partition coefficient (Wildman–Crippen LogP) is 2.77. The molecule has 0 saturated heterocycles. The van der Waals surface area contributed by atoms with Crippen molar-refractivity contribution < 1.29 is 19.5 Å². The van der Waals surface area contributed by atoms with Crippen LogP contribution in [0.2, 0.25) is 0 Å². The van der Waals surface area contributed by atoms with Crippen LogP contribution in [0.5, 0.6) is 0 Å². The molecular weight excluding hydrogens is 380 g/mol. The summed E-state index contributed by atoms with van der Waals surface area (Å²) in [5, 5.41) is 14.1. The van der Waals surface area contributed by atoms with Crippen molar-refractivity contribution >= 4 is 29.2 Å². The van der Waals surface area contributed by atoms with Crippen LogP contribution in [0.15, 0.2) is 48.5 Å². The van der Waals surface area contributed by atoms with Gasteiger partial charge in [0, 0.05) is 41.3 Å². The Bertz CT molecular complexity index is 954. The first-order valence-corrected chi connectivity index (χ1v) is 10.6. The molecule has 6 nitrogen and oxygen atoms in total. The lowest BCUT2D eigenvalue weighted by Gasteiger charge is -2.31. The largest absolute Gasteiger partial charge is 0.550 e. The molecule has 2 amide bonds. The lowest BCUT2D eigenvalue weighted by atomic mass is 9.78. The Hall–Kier alpha value is -3.15. The number of benzene rings is 2. The highest BCUT2D eigenvalue weighted by molar-refractivity contribution is 6.07. The van der Waals surface area contributed by atoms with E-state index in [2.05, 4.69) is 11.4 Å². The average Bonchev–Trinajstić information content (AvgIpc) is 2.78. The van der Waals surface area contributed by atoms with Crippen molar-refractivity contribution in [2.45, 2.75) is 38.5 Å². The molecule has 1 N–H and O–H groups in total. The van der Waals surface area contributed by atoms with Crippen LogP contribution in [0.3, 0.4) is 0 Å². The molecule has 2 atom stereocenters. The summed E-state index contributed by atoms with van der Waals surface area (Å²) in [4.78, 5) is 38.8. The Labute approximate surface area is 175 Å². The van der Waals surface area contributed by atoms with Gasteiger partial charge in [0.25, 0.3) is 5.91 Å². The van der Waals surface area contributed by atoms with Gasteiger partial charge < -0.3 is 20.1 Å². The van der Waals surface area contributed by atoms with Gasteiger partial charge in [-0.2, -0.15) is 0 Å². The Balaban J connectivity index is 1.45. The third-order valence-corrected chi connectivity index (χ3v) is 6.16. The van der Waals surface area contributed by atoms with Crippen LogP contribution in [0, 0.1) is 11.8 Å². The second kappa shape index (κ2) is 8.69. The summed E-state index contributed by atoms with van der Waals surface area (Å²) in [6.07, 6.45) is 4.57. The Morgan fingerprint density at radius 2 is 1.60 bits per heavy atom. The van der Waals surface area contributed by atoms with Crippen LogP contribution < -0.4 is 15.3 Å². The number of aliphatic carboxylic acids is 1. The molecule has 1 fully saturated rings. The Morgan fingerprint density at radius 1 is 0.900 bits per heavy atom. The fraction of sp³-hybridized carbons (Fsp3) is 0.375. The number of fused-ring (bicyclic) bond motifs is 1. The molecule has 0 radical (unpaired) electrons. The smallest absolute Gasteiger partial charge is 0.258 e. The van der Waals surface area contributed by atoms with Crippen molar-refractivity contribution in [2.24, 2.45) is 11.8 Å². The molecule has 30 heavy (non-hydrogen) atoms. The number of nitrogens with one attached hydrogen (secondary N) is 1. The summed E-state index contributed by atoms with van der Waals surface area (Å²) in [6.45, 7) is 0.681. The second-order valence-corrected chi connectivity index (χ2v) is 8.07. The summed E-state index contributed by atoms with van der Waals surface area (Å²) in [5.74, 6) is -2.83. The highest BCUT2D eigenvalue weighted by Crippen LogP contribution is 2.31. The zero-order valence-electron chi connectivity index (χ0n) is 16.8. The summed E-state index contributed by atoms with van der Waals surface area (Å²) in [7, 11) is 0. The molecule has 2 aromatic carbocycles. The monoisotopic (exact) mass is 405 g/mol. The summed E-state index contributed by atoms with van der Waals surface area (Å²) in [6, 6.07) is 14.7. The van der Waals surface area contributed by atoms with E-state index < -0.39 is 17.8 Å². The van der Waals surface area contributed by atoms with Crippen molar-refractivity contribution in [2.75, 3.05) is 16.8 Å². The zero-order chi connectivity index (χ0) is 21.1. The number of hydrogen-bond acceptors (Lipinski definition) is 4. The number of carbonyl (C=O) groups is 3. The SMILES string of the molecule is O=C([O-])[C@H]1CCCC[C@@H]1C(=O)Nc1ccc(C(=O)N2CCCc3ccccc32)cc1. The molecule has 0 aromatic heterocycles. The first-order chi connectivity index (χ1) is 14.5. The molecule has 4 rings (SSSR count). The van der Waals surface area contributed by atoms with Gasteiger partial charge in [-0.15, -0.1) is 0 Å². The van der Waals surface area contributed by atoms with E-state index >= 15 is 0 Å². The highest BCUT2D eigenvalue weighted by atomic mass is 16.4. The Morgan fingerprint density at radius 3 is 2.33 bits per heavy atom. The van der Waals surface area contributed by atoms with E-state index in [9.17, 15) is 19.5 Å².